The van der Waals surface area contributed by atoms with Gasteiger partial charge in [-0.3, -0.25) is 4.79 Å². The van der Waals surface area contributed by atoms with E-state index in [1.54, 1.807) is 12.3 Å². The number of hydrogen-bond acceptors (Lipinski definition) is 5. The standard InChI is InChI=1S/C14H20N4O2/c19-14(17-11-3-8-20-10-11)13-2-1-12(9-16-13)18-6-4-15-5-7-18/h1-2,9,11,15H,3-8,10H2,(H,17,19). The SMILES string of the molecule is O=C(NC1CCOC1)c1ccc(N2CCNCC2)cn1. The molecule has 2 aliphatic heterocycles. The minimum absolute atomic E-state index is 0.118. The number of rotatable bonds is 3. The van der Waals surface area contributed by atoms with Crippen LogP contribution in [0.15, 0.2) is 18.3 Å². The molecule has 0 saturated carbocycles. The Morgan fingerprint density at radius 1 is 1.40 bits per heavy atom. The number of pyridine rings is 1. The largest absolute Gasteiger partial charge is 0.379 e. The summed E-state index contributed by atoms with van der Waals surface area (Å²) >= 11 is 0. The average molecular weight is 276 g/mol. The predicted molar refractivity (Wildman–Crippen MR) is 76.0 cm³/mol. The Morgan fingerprint density at radius 3 is 2.90 bits per heavy atom. The lowest BCUT2D eigenvalue weighted by molar-refractivity contribution is 0.0925. The van der Waals surface area contributed by atoms with Crippen LogP contribution in [0.4, 0.5) is 5.69 Å². The third kappa shape index (κ3) is 3.08. The Morgan fingerprint density at radius 2 is 2.25 bits per heavy atom. The molecule has 3 heterocycles. The molecule has 1 atom stereocenters. The molecule has 0 spiro atoms. The number of carbonyl (C=O) groups is 1. The minimum Gasteiger partial charge on any atom is -0.379 e. The highest BCUT2D eigenvalue weighted by atomic mass is 16.5. The van der Waals surface area contributed by atoms with Gasteiger partial charge < -0.3 is 20.3 Å². The highest BCUT2D eigenvalue weighted by molar-refractivity contribution is 5.92. The van der Waals surface area contributed by atoms with Crippen LogP contribution in [0.2, 0.25) is 0 Å². The maximum Gasteiger partial charge on any atom is 0.270 e. The van der Waals surface area contributed by atoms with Gasteiger partial charge in [0, 0.05) is 32.8 Å². The van der Waals surface area contributed by atoms with Gasteiger partial charge in [-0.1, -0.05) is 0 Å². The zero-order valence-electron chi connectivity index (χ0n) is 11.5. The molecule has 3 rings (SSSR count). The van der Waals surface area contributed by atoms with E-state index in [1.807, 2.05) is 6.07 Å². The van der Waals surface area contributed by atoms with E-state index in [4.69, 9.17) is 4.74 Å². The van der Waals surface area contributed by atoms with Crippen molar-refractivity contribution in [1.82, 2.24) is 15.6 Å². The van der Waals surface area contributed by atoms with Crippen LogP contribution in [-0.2, 0) is 4.74 Å². The Balaban J connectivity index is 1.61. The molecule has 2 aliphatic rings. The molecule has 2 fully saturated rings. The number of amides is 1. The van der Waals surface area contributed by atoms with E-state index in [2.05, 4.69) is 20.5 Å². The first-order valence-electron chi connectivity index (χ1n) is 7.13. The molecule has 1 aromatic heterocycles. The monoisotopic (exact) mass is 276 g/mol. The number of hydrogen-bond donors (Lipinski definition) is 2. The molecule has 1 aromatic rings. The first-order valence-corrected chi connectivity index (χ1v) is 7.13. The van der Waals surface area contributed by atoms with Gasteiger partial charge in [-0.2, -0.15) is 0 Å². The number of ether oxygens (including phenoxy) is 1. The second-order valence-corrected chi connectivity index (χ2v) is 5.17. The van der Waals surface area contributed by atoms with Crippen molar-refractivity contribution in [3.05, 3.63) is 24.0 Å². The molecule has 1 unspecified atom stereocenters. The topological polar surface area (TPSA) is 66.5 Å². The number of nitrogens with one attached hydrogen (secondary N) is 2. The minimum atomic E-state index is -0.118. The summed E-state index contributed by atoms with van der Waals surface area (Å²) in [7, 11) is 0. The second kappa shape index (κ2) is 6.19. The van der Waals surface area contributed by atoms with E-state index in [1.165, 1.54) is 0 Å². The fraction of sp³-hybridized carbons (Fsp3) is 0.571. The quantitative estimate of drug-likeness (QED) is 0.814. The number of carbonyl (C=O) groups excluding carboxylic acids is 1. The summed E-state index contributed by atoms with van der Waals surface area (Å²) in [6.45, 7) is 5.26. The van der Waals surface area contributed by atoms with E-state index in [-0.39, 0.29) is 11.9 Å². The Labute approximate surface area is 118 Å². The van der Waals surface area contributed by atoms with Gasteiger partial charge in [0.2, 0.25) is 0 Å². The average Bonchev–Trinajstić information content (AvgIpc) is 3.01. The fourth-order valence-electron chi connectivity index (χ4n) is 2.54. The first-order chi connectivity index (χ1) is 9.83. The molecule has 2 saturated heterocycles. The van der Waals surface area contributed by atoms with Crippen LogP contribution < -0.4 is 15.5 Å². The molecule has 2 N–H and O–H groups in total. The Kier molecular flexibility index (Phi) is 4.13. The number of nitrogens with zero attached hydrogens (tertiary/aromatic N) is 2. The van der Waals surface area contributed by atoms with Crippen LogP contribution >= 0.6 is 0 Å². The van der Waals surface area contributed by atoms with E-state index in [0.717, 1.165) is 44.9 Å². The molecule has 6 heteroatoms. The van der Waals surface area contributed by atoms with Gasteiger partial charge in [0.15, 0.2) is 0 Å². The summed E-state index contributed by atoms with van der Waals surface area (Å²) in [5, 5.41) is 6.26. The lowest BCUT2D eigenvalue weighted by Gasteiger charge is -2.29. The van der Waals surface area contributed by atoms with Crippen LogP contribution in [-0.4, -0.2) is 56.3 Å². The van der Waals surface area contributed by atoms with Crippen molar-refractivity contribution in [2.75, 3.05) is 44.3 Å². The van der Waals surface area contributed by atoms with Crippen molar-refractivity contribution in [2.24, 2.45) is 0 Å². The molecule has 6 nitrogen and oxygen atoms in total. The normalized spacial score (nSPS) is 22.8. The number of piperazine rings is 1. The zero-order valence-corrected chi connectivity index (χ0v) is 11.5. The van der Waals surface area contributed by atoms with Gasteiger partial charge in [0.1, 0.15) is 5.69 Å². The van der Waals surface area contributed by atoms with Gasteiger partial charge in [-0.15, -0.1) is 0 Å². The fourth-order valence-corrected chi connectivity index (χ4v) is 2.54. The number of anilines is 1. The van der Waals surface area contributed by atoms with Crippen molar-refractivity contribution < 1.29 is 9.53 Å². The molecule has 0 radical (unpaired) electrons. The number of aromatic nitrogens is 1. The highest BCUT2D eigenvalue weighted by Gasteiger charge is 2.19. The van der Waals surface area contributed by atoms with Crippen LogP contribution in [0.25, 0.3) is 0 Å². The van der Waals surface area contributed by atoms with Gasteiger partial charge in [0.05, 0.1) is 24.5 Å². The lowest BCUT2D eigenvalue weighted by Crippen LogP contribution is -2.43. The molecule has 0 aromatic carbocycles. The third-order valence-electron chi connectivity index (χ3n) is 3.73. The Bertz CT molecular complexity index is 451. The molecular weight excluding hydrogens is 256 g/mol. The van der Waals surface area contributed by atoms with E-state index >= 15 is 0 Å². The summed E-state index contributed by atoms with van der Waals surface area (Å²) in [4.78, 5) is 18.6. The predicted octanol–water partition coefficient (Wildman–Crippen LogP) is 0.00990. The smallest absolute Gasteiger partial charge is 0.270 e. The molecular formula is C14H20N4O2. The van der Waals surface area contributed by atoms with Crippen molar-refractivity contribution >= 4 is 11.6 Å². The van der Waals surface area contributed by atoms with Gasteiger partial charge in [-0.05, 0) is 18.6 Å². The summed E-state index contributed by atoms with van der Waals surface area (Å²) in [5.74, 6) is -0.118. The van der Waals surface area contributed by atoms with Crippen LogP contribution in [0.1, 0.15) is 16.9 Å². The maximum atomic E-state index is 12.0. The first kappa shape index (κ1) is 13.3. The summed E-state index contributed by atoms with van der Waals surface area (Å²) in [5.41, 5.74) is 1.54. The second-order valence-electron chi connectivity index (χ2n) is 5.17. The highest BCUT2D eigenvalue weighted by Crippen LogP contribution is 2.14. The van der Waals surface area contributed by atoms with Gasteiger partial charge in [0.25, 0.3) is 5.91 Å². The van der Waals surface area contributed by atoms with Crippen molar-refractivity contribution in [2.45, 2.75) is 12.5 Å². The summed E-state index contributed by atoms with van der Waals surface area (Å²) in [6.07, 6.45) is 2.66. The Hall–Kier alpha value is -1.66. The lowest BCUT2D eigenvalue weighted by atomic mass is 10.2. The van der Waals surface area contributed by atoms with E-state index < -0.39 is 0 Å². The van der Waals surface area contributed by atoms with Crippen molar-refractivity contribution in [3.63, 3.8) is 0 Å². The van der Waals surface area contributed by atoms with Crippen molar-refractivity contribution in [1.29, 1.82) is 0 Å². The van der Waals surface area contributed by atoms with Crippen molar-refractivity contribution in [3.8, 4) is 0 Å². The molecule has 0 aliphatic carbocycles. The molecule has 108 valence electrons. The van der Waals surface area contributed by atoms with Crippen LogP contribution in [0.5, 0.6) is 0 Å². The maximum absolute atomic E-state index is 12.0. The van der Waals surface area contributed by atoms with E-state index in [9.17, 15) is 4.79 Å². The summed E-state index contributed by atoms with van der Waals surface area (Å²) in [6, 6.07) is 3.89. The van der Waals surface area contributed by atoms with Gasteiger partial charge >= 0.3 is 0 Å². The molecule has 20 heavy (non-hydrogen) atoms. The van der Waals surface area contributed by atoms with Gasteiger partial charge in [-0.25, -0.2) is 4.98 Å². The van der Waals surface area contributed by atoms with Crippen LogP contribution in [0, 0.1) is 0 Å². The van der Waals surface area contributed by atoms with E-state index in [0.29, 0.717) is 12.3 Å². The van der Waals surface area contributed by atoms with Crippen LogP contribution in [0.3, 0.4) is 0 Å². The molecule has 0 bridgehead atoms. The molecule has 1 amide bonds. The zero-order chi connectivity index (χ0) is 13.8. The summed E-state index contributed by atoms with van der Waals surface area (Å²) < 4.78 is 5.24. The third-order valence-corrected chi connectivity index (χ3v) is 3.73.